The number of nitrogens with zero attached hydrogens (tertiary/aromatic N) is 2. The number of benzene rings is 1. The second-order valence-electron chi connectivity index (χ2n) is 15.5. The van der Waals surface area contributed by atoms with Crippen LogP contribution >= 0.6 is 11.6 Å². The molecule has 3 aliphatic carbocycles. The monoisotopic (exact) mass is 727 g/mol. The first-order valence-electron chi connectivity index (χ1n) is 18.2. The Bertz CT molecular complexity index is 1940. The number of H-pyrrole nitrogens is 1. The third-order valence-corrected chi connectivity index (χ3v) is 11.4. The highest BCUT2D eigenvalue weighted by Crippen LogP contribution is 2.48. The van der Waals surface area contributed by atoms with E-state index < -0.39 is 11.6 Å². The van der Waals surface area contributed by atoms with Gasteiger partial charge in [0.1, 0.15) is 5.60 Å². The molecule has 2 aliphatic heterocycles. The third kappa shape index (κ3) is 7.05. The van der Waals surface area contributed by atoms with Gasteiger partial charge >= 0.3 is 12.1 Å². The number of para-hydroxylation sites is 1. The summed E-state index contributed by atoms with van der Waals surface area (Å²) in [6, 6.07) is 7.21. The molecule has 274 valence electrons. The van der Waals surface area contributed by atoms with Crippen LogP contribution in [0.4, 0.5) is 16.2 Å². The van der Waals surface area contributed by atoms with Crippen LogP contribution in [0.3, 0.4) is 0 Å². The van der Waals surface area contributed by atoms with Gasteiger partial charge in [0.05, 0.1) is 52.3 Å². The topological polar surface area (TPSA) is 146 Å². The van der Waals surface area contributed by atoms with Crippen LogP contribution in [0.1, 0.15) is 87.3 Å². The maximum Gasteiger partial charge on any atom is 0.411 e. The molecule has 52 heavy (non-hydrogen) atoms. The van der Waals surface area contributed by atoms with Crippen molar-refractivity contribution in [2.75, 3.05) is 19.0 Å². The minimum atomic E-state index is -0.582. The van der Waals surface area contributed by atoms with Gasteiger partial charge in [-0.1, -0.05) is 35.9 Å². The zero-order valence-electron chi connectivity index (χ0n) is 30.1. The Kier molecular flexibility index (Phi) is 9.87. The van der Waals surface area contributed by atoms with E-state index in [1.54, 1.807) is 25.6 Å². The number of ether oxygens (including phenoxy) is 2. The van der Waals surface area contributed by atoms with Crippen molar-refractivity contribution in [1.29, 1.82) is 0 Å². The zero-order valence-corrected chi connectivity index (χ0v) is 30.8. The SMILES string of the molecule is COc1c(Cl)cccc1Nc1c(-c2ccncc2C#C[C@H]2[C@@H]3CC[C@@H](C3)N2C(=O)OC(C)(C)C)[nH]c2c1C(=O)NCC2.O=C(O)C1CC2CCC1C2. The lowest BCUT2D eigenvalue weighted by Gasteiger charge is -2.34. The lowest BCUT2D eigenvalue weighted by atomic mass is 9.89. The van der Waals surface area contributed by atoms with E-state index in [0.717, 1.165) is 42.9 Å². The van der Waals surface area contributed by atoms with Crippen LogP contribution < -0.4 is 15.4 Å². The minimum absolute atomic E-state index is 0.0127. The first kappa shape index (κ1) is 35.7. The number of rotatable bonds is 5. The van der Waals surface area contributed by atoms with Gasteiger partial charge in [0, 0.05) is 42.7 Å². The average Bonchev–Trinajstić information content (AvgIpc) is 3.95. The summed E-state index contributed by atoms with van der Waals surface area (Å²) in [5.41, 5.74) is 4.20. The maximum absolute atomic E-state index is 13.2. The quantitative estimate of drug-likeness (QED) is 0.199. The van der Waals surface area contributed by atoms with E-state index in [4.69, 9.17) is 26.2 Å². The summed E-state index contributed by atoms with van der Waals surface area (Å²) < 4.78 is 11.3. The van der Waals surface area contributed by atoms with E-state index in [-0.39, 0.29) is 30.0 Å². The first-order chi connectivity index (χ1) is 24.9. The van der Waals surface area contributed by atoms with Crippen LogP contribution in [0.15, 0.2) is 36.7 Å². The Morgan fingerprint density at radius 1 is 1.10 bits per heavy atom. The summed E-state index contributed by atoms with van der Waals surface area (Å²) in [7, 11) is 1.55. The van der Waals surface area contributed by atoms with E-state index in [1.165, 1.54) is 19.3 Å². The molecule has 0 radical (unpaired) electrons. The van der Waals surface area contributed by atoms with Crippen LogP contribution in [0.25, 0.3) is 11.3 Å². The molecule has 5 aliphatic rings. The van der Waals surface area contributed by atoms with Crippen LogP contribution in [-0.2, 0) is 16.0 Å². The molecule has 4 heterocycles. The van der Waals surface area contributed by atoms with Gasteiger partial charge in [-0.3, -0.25) is 19.5 Å². The number of pyridine rings is 1. The Labute approximate surface area is 309 Å². The fourth-order valence-corrected chi connectivity index (χ4v) is 9.07. The number of hydrogen-bond donors (Lipinski definition) is 4. The number of carboxylic acid groups (broad SMARTS) is 1. The summed E-state index contributed by atoms with van der Waals surface area (Å²) in [6.07, 6.45) is 11.3. The Morgan fingerprint density at radius 2 is 1.90 bits per heavy atom. The second kappa shape index (κ2) is 14.4. The number of hydrogen-bond acceptors (Lipinski definition) is 7. The van der Waals surface area contributed by atoms with Gasteiger partial charge in [0.2, 0.25) is 0 Å². The zero-order chi connectivity index (χ0) is 36.7. The number of carbonyl (C=O) groups excluding carboxylic acids is 2. The number of anilines is 2. The Balaban J connectivity index is 0.000000360. The lowest BCUT2D eigenvalue weighted by Crippen LogP contribution is -2.46. The number of nitrogens with one attached hydrogen (secondary N) is 3. The van der Waals surface area contributed by atoms with Gasteiger partial charge in [0.15, 0.2) is 5.75 Å². The molecule has 1 saturated heterocycles. The van der Waals surface area contributed by atoms with E-state index in [0.29, 0.717) is 63.8 Å². The van der Waals surface area contributed by atoms with E-state index in [1.807, 2.05) is 43.9 Å². The molecule has 2 aromatic heterocycles. The molecule has 3 aromatic rings. The number of amides is 2. The number of aromatic amines is 1. The molecule has 6 atom stereocenters. The van der Waals surface area contributed by atoms with Crippen molar-refractivity contribution in [3.8, 4) is 28.8 Å². The van der Waals surface area contributed by atoms with Crippen molar-refractivity contribution < 1.29 is 29.0 Å². The largest absolute Gasteiger partial charge is 0.493 e. The number of carbonyl (C=O) groups is 3. The number of fused-ring (bicyclic) bond motifs is 5. The lowest BCUT2D eigenvalue weighted by molar-refractivity contribution is -0.143. The first-order valence-corrected chi connectivity index (χ1v) is 18.6. The summed E-state index contributed by atoms with van der Waals surface area (Å²) >= 11 is 6.41. The number of piperidine rings is 1. The van der Waals surface area contributed by atoms with Gasteiger partial charge in [-0.25, -0.2) is 4.79 Å². The summed E-state index contributed by atoms with van der Waals surface area (Å²) in [5.74, 6) is 8.10. The minimum Gasteiger partial charge on any atom is -0.493 e. The second-order valence-corrected chi connectivity index (χ2v) is 16.0. The predicted octanol–water partition coefficient (Wildman–Crippen LogP) is 7.41. The van der Waals surface area contributed by atoms with Crippen molar-refractivity contribution >= 4 is 40.9 Å². The molecule has 11 nitrogen and oxygen atoms in total. The number of methoxy groups -OCH3 is 1. The molecule has 4 fully saturated rings. The Hall–Kier alpha value is -4.69. The van der Waals surface area contributed by atoms with Gasteiger partial charge in [-0.2, -0.15) is 0 Å². The standard InChI is InChI=1S/C32H34ClN5O4.C8H12O2/c1-32(2,3)42-31(40)38-20-10-8-18(16-20)25(38)11-9-19-17-34-14-12-21(19)27-28(26-23(36-27)13-15-35-30(26)39)37-24-7-5-6-22(33)29(24)41-4;9-8(10)7-4-5-1-2-6(7)3-5/h5-7,12,14,17-18,20,25,36-37H,8,10,13,15-16H2,1-4H3,(H,35,39);5-7H,1-4H2,(H,9,10)/t18-,20+,25+;/m1./s1. The van der Waals surface area contributed by atoms with E-state index >= 15 is 0 Å². The van der Waals surface area contributed by atoms with Crippen LogP contribution in [0, 0.1) is 35.5 Å². The van der Waals surface area contributed by atoms with E-state index in [2.05, 4.69) is 32.4 Å². The van der Waals surface area contributed by atoms with Gasteiger partial charge in [-0.05, 0) is 95.2 Å². The number of aromatic nitrogens is 2. The highest BCUT2D eigenvalue weighted by Gasteiger charge is 2.49. The van der Waals surface area contributed by atoms with E-state index in [9.17, 15) is 14.4 Å². The fraction of sp³-hybridized carbons (Fsp3) is 0.500. The van der Waals surface area contributed by atoms with Gasteiger partial charge in [-0.15, -0.1) is 0 Å². The van der Waals surface area contributed by atoms with Crippen molar-refractivity contribution in [3.63, 3.8) is 0 Å². The molecular formula is C40H46ClN5O6. The van der Waals surface area contributed by atoms with Crippen molar-refractivity contribution in [3.05, 3.63) is 58.5 Å². The normalized spacial score (nSPS) is 25.3. The van der Waals surface area contributed by atoms with Crippen molar-refractivity contribution in [2.24, 2.45) is 23.7 Å². The van der Waals surface area contributed by atoms with Gasteiger partial charge in [0.25, 0.3) is 5.91 Å². The fourth-order valence-electron chi connectivity index (χ4n) is 8.82. The molecule has 12 heteroatoms. The maximum atomic E-state index is 13.2. The molecule has 0 spiro atoms. The molecule has 4 N–H and O–H groups in total. The molecule has 3 saturated carbocycles. The average molecular weight is 728 g/mol. The molecule has 4 bridgehead atoms. The van der Waals surface area contributed by atoms with Crippen LogP contribution in [0.2, 0.25) is 5.02 Å². The number of carboxylic acids is 1. The Morgan fingerprint density at radius 3 is 2.60 bits per heavy atom. The number of aliphatic carboxylic acids is 1. The van der Waals surface area contributed by atoms with Gasteiger partial charge < -0.3 is 30.2 Å². The molecule has 8 rings (SSSR count). The van der Waals surface area contributed by atoms with Crippen molar-refractivity contribution in [2.45, 2.75) is 89.8 Å². The molecule has 2 amide bonds. The van der Waals surface area contributed by atoms with Crippen LogP contribution in [0.5, 0.6) is 5.75 Å². The molecule has 3 unspecified atom stereocenters. The summed E-state index contributed by atoms with van der Waals surface area (Å²) in [5, 5.41) is 15.6. The summed E-state index contributed by atoms with van der Waals surface area (Å²) in [6.45, 7) is 6.17. The molecular weight excluding hydrogens is 682 g/mol. The highest BCUT2D eigenvalue weighted by atomic mass is 35.5. The predicted molar refractivity (Wildman–Crippen MR) is 198 cm³/mol. The van der Waals surface area contributed by atoms with Crippen molar-refractivity contribution in [1.82, 2.24) is 20.2 Å². The smallest absolute Gasteiger partial charge is 0.411 e. The third-order valence-electron chi connectivity index (χ3n) is 11.1. The van der Waals surface area contributed by atoms with Crippen LogP contribution in [-0.4, -0.2) is 69.3 Å². The number of likely N-dealkylation sites (tertiary alicyclic amines) is 1. The highest BCUT2D eigenvalue weighted by molar-refractivity contribution is 6.32. The molecule has 1 aromatic carbocycles. The number of halogens is 1. The summed E-state index contributed by atoms with van der Waals surface area (Å²) in [4.78, 5) is 46.5.